The minimum Gasteiger partial charge on any atom is -0.463 e. The van der Waals surface area contributed by atoms with E-state index in [-0.39, 0.29) is 0 Å². The molecule has 0 heterocycles. The van der Waals surface area contributed by atoms with Crippen molar-refractivity contribution in [2.75, 3.05) is 6.61 Å². The third-order valence-electron chi connectivity index (χ3n) is 1.51. The standard InChI is InChI=1S/C7H10Cl2O2/c1-7(8,9)6(10)11-4-5-2-3-5/h5H,2-4H2,1H3. The van der Waals surface area contributed by atoms with Crippen molar-refractivity contribution >= 4 is 29.2 Å². The highest BCUT2D eigenvalue weighted by molar-refractivity contribution is 6.57. The molecule has 64 valence electrons. The third kappa shape index (κ3) is 3.30. The fraction of sp³-hybridized carbons (Fsp3) is 0.857. The van der Waals surface area contributed by atoms with Crippen molar-refractivity contribution in [3.05, 3.63) is 0 Å². The fourth-order valence-electron chi connectivity index (χ4n) is 0.605. The van der Waals surface area contributed by atoms with Gasteiger partial charge in [0.25, 0.3) is 0 Å². The van der Waals surface area contributed by atoms with Crippen LogP contribution in [0.4, 0.5) is 0 Å². The molecule has 0 atom stereocenters. The second-order valence-corrected chi connectivity index (χ2v) is 4.64. The highest BCUT2D eigenvalue weighted by atomic mass is 35.5. The van der Waals surface area contributed by atoms with E-state index in [2.05, 4.69) is 0 Å². The molecular weight excluding hydrogens is 187 g/mol. The number of esters is 1. The Kier molecular flexibility index (Phi) is 2.66. The van der Waals surface area contributed by atoms with Gasteiger partial charge in [0.05, 0.1) is 6.61 Å². The van der Waals surface area contributed by atoms with Crippen LogP contribution in [0.3, 0.4) is 0 Å². The Morgan fingerprint density at radius 3 is 2.55 bits per heavy atom. The van der Waals surface area contributed by atoms with E-state index in [1.165, 1.54) is 6.92 Å². The van der Waals surface area contributed by atoms with Gasteiger partial charge >= 0.3 is 5.97 Å². The van der Waals surface area contributed by atoms with Crippen molar-refractivity contribution in [1.29, 1.82) is 0 Å². The third-order valence-corrected chi connectivity index (χ3v) is 1.81. The first-order chi connectivity index (χ1) is 5.00. The number of carbonyl (C=O) groups excluding carboxylic acids is 1. The van der Waals surface area contributed by atoms with Gasteiger partial charge in [-0.3, -0.25) is 0 Å². The lowest BCUT2D eigenvalue weighted by molar-refractivity contribution is -0.144. The molecule has 0 radical (unpaired) electrons. The van der Waals surface area contributed by atoms with E-state index in [1.807, 2.05) is 0 Å². The zero-order valence-corrected chi connectivity index (χ0v) is 7.78. The van der Waals surface area contributed by atoms with Crippen LogP contribution in [-0.4, -0.2) is 16.9 Å². The summed E-state index contributed by atoms with van der Waals surface area (Å²) in [4.78, 5) is 10.9. The zero-order chi connectivity index (χ0) is 8.48. The number of carbonyl (C=O) groups is 1. The minimum atomic E-state index is -1.39. The van der Waals surface area contributed by atoms with E-state index in [1.54, 1.807) is 0 Å². The van der Waals surface area contributed by atoms with E-state index in [9.17, 15) is 4.79 Å². The second-order valence-electron chi connectivity index (χ2n) is 2.93. The molecule has 0 spiro atoms. The number of rotatable bonds is 3. The quantitative estimate of drug-likeness (QED) is 0.511. The molecule has 0 aliphatic heterocycles. The lowest BCUT2D eigenvalue weighted by Crippen LogP contribution is -2.25. The maximum Gasteiger partial charge on any atom is 0.342 e. The van der Waals surface area contributed by atoms with E-state index in [0.717, 1.165) is 12.8 Å². The summed E-state index contributed by atoms with van der Waals surface area (Å²) in [5.41, 5.74) is 0. The molecular formula is C7H10Cl2O2. The molecule has 0 bridgehead atoms. The van der Waals surface area contributed by atoms with E-state index >= 15 is 0 Å². The van der Waals surface area contributed by atoms with Crippen LogP contribution in [0.1, 0.15) is 19.8 Å². The van der Waals surface area contributed by atoms with Gasteiger partial charge in [0, 0.05) is 0 Å². The smallest absolute Gasteiger partial charge is 0.342 e. The first kappa shape index (κ1) is 9.14. The highest BCUT2D eigenvalue weighted by Gasteiger charge is 2.31. The zero-order valence-electron chi connectivity index (χ0n) is 6.27. The van der Waals surface area contributed by atoms with Crippen LogP contribution < -0.4 is 0 Å². The molecule has 0 saturated heterocycles. The molecule has 0 unspecified atom stereocenters. The maximum absolute atomic E-state index is 10.9. The molecule has 11 heavy (non-hydrogen) atoms. The molecule has 1 saturated carbocycles. The van der Waals surface area contributed by atoms with E-state index < -0.39 is 10.3 Å². The number of hydrogen-bond donors (Lipinski definition) is 0. The van der Waals surface area contributed by atoms with Gasteiger partial charge in [-0.15, -0.1) is 0 Å². The molecule has 0 amide bonds. The highest BCUT2D eigenvalue weighted by Crippen LogP contribution is 2.30. The monoisotopic (exact) mass is 196 g/mol. The van der Waals surface area contributed by atoms with Crippen LogP contribution in [0.15, 0.2) is 0 Å². The normalized spacial score (nSPS) is 18.1. The van der Waals surface area contributed by atoms with Gasteiger partial charge < -0.3 is 4.74 Å². The summed E-state index contributed by atoms with van der Waals surface area (Å²) >= 11 is 11.0. The SMILES string of the molecule is CC(Cl)(Cl)C(=O)OCC1CC1. The van der Waals surface area contributed by atoms with Crippen molar-refractivity contribution in [1.82, 2.24) is 0 Å². The predicted molar refractivity (Wildman–Crippen MR) is 43.8 cm³/mol. The molecule has 4 heteroatoms. The molecule has 2 nitrogen and oxygen atoms in total. The van der Waals surface area contributed by atoms with Gasteiger partial charge in [0.15, 0.2) is 0 Å². The van der Waals surface area contributed by atoms with Crippen LogP contribution in [0.5, 0.6) is 0 Å². The lowest BCUT2D eigenvalue weighted by atomic mass is 10.4. The number of hydrogen-bond acceptors (Lipinski definition) is 2. The van der Waals surface area contributed by atoms with Crippen molar-refractivity contribution in [2.45, 2.75) is 24.1 Å². The number of halogens is 2. The summed E-state index contributed by atoms with van der Waals surface area (Å²) in [6.07, 6.45) is 2.29. The van der Waals surface area contributed by atoms with Crippen LogP contribution in [0.2, 0.25) is 0 Å². The van der Waals surface area contributed by atoms with Crippen LogP contribution in [0, 0.1) is 5.92 Å². The summed E-state index contributed by atoms with van der Waals surface area (Å²) in [6, 6.07) is 0. The summed E-state index contributed by atoms with van der Waals surface area (Å²) in [6.45, 7) is 1.87. The molecule has 1 aliphatic carbocycles. The predicted octanol–water partition coefficient (Wildman–Crippen LogP) is 2.13. The topological polar surface area (TPSA) is 26.3 Å². The van der Waals surface area contributed by atoms with E-state index in [0.29, 0.717) is 12.5 Å². The molecule has 1 fully saturated rings. The molecule has 0 aromatic rings. The molecule has 1 rings (SSSR count). The van der Waals surface area contributed by atoms with E-state index in [4.69, 9.17) is 27.9 Å². The van der Waals surface area contributed by atoms with Gasteiger partial charge in [0.1, 0.15) is 0 Å². The van der Waals surface area contributed by atoms with Crippen LogP contribution in [0.25, 0.3) is 0 Å². The Hall–Kier alpha value is 0.0500. The van der Waals surface area contributed by atoms with Gasteiger partial charge in [-0.2, -0.15) is 0 Å². The average molecular weight is 197 g/mol. The molecule has 0 aromatic carbocycles. The first-order valence-electron chi connectivity index (χ1n) is 3.55. The van der Waals surface area contributed by atoms with Crippen molar-refractivity contribution in [3.63, 3.8) is 0 Å². The average Bonchev–Trinajstić information content (AvgIpc) is 2.62. The Bertz CT molecular complexity index is 158. The Labute approximate surface area is 75.8 Å². The summed E-state index contributed by atoms with van der Waals surface area (Å²) in [5.74, 6) is 0.00219. The van der Waals surface area contributed by atoms with Crippen molar-refractivity contribution < 1.29 is 9.53 Å². The Morgan fingerprint density at radius 1 is 1.64 bits per heavy atom. The maximum atomic E-state index is 10.9. The fourth-order valence-corrected chi connectivity index (χ4v) is 0.714. The summed E-state index contributed by atoms with van der Waals surface area (Å²) in [5, 5.41) is 0. The molecule has 1 aliphatic rings. The second kappa shape index (κ2) is 3.20. The molecule has 0 N–H and O–H groups in total. The van der Waals surface area contributed by atoms with Gasteiger partial charge in [-0.05, 0) is 25.7 Å². The Balaban J connectivity index is 2.19. The van der Waals surface area contributed by atoms with Crippen LogP contribution >= 0.6 is 23.2 Å². The van der Waals surface area contributed by atoms with Gasteiger partial charge in [-0.1, -0.05) is 23.2 Å². The minimum absolute atomic E-state index is 0.466. The molecule has 0 aromatic heterocycles. The van der Waals surface area contributed by atoms with Crippen molar-refractivity contribution in [3.8, 4) is 0 Å². The summed E-state index contributed by atoms with van der Waals surface area (Å²) < 4.78 is 3.43. The number of alkyl halides is 2. The van der Waals surface area contributed by atoms with Gasteiger partial charge in [0.2, 0.25) is 4.33 Å². The largest absolute Gasteiger partial charge is 0.463 e. The lowest BCUT2D eigenvalue weighted by Gasteiger charge is -2.11. The van der Waals surface area contributed by atoms with Gasteiger partial charge in [-0.25, -0.2) is 4.79 Å². The van der Waals surface area contributed by atoms with Crippen LogP contribution in [-0.2, 0) is 9.53 Å². The summed E-state index contributed by atoms with van der Waals surface area (Å²) in [7, 11) is 0. The Morgan fingerprint density at radius 2 is 2.18 bits per heavy atom. The first-order valence-corrected chi connectivity index (χ1v) is 4.31. The van der Waals surface area contributed by atoms with Crippen molar-refractivity contribution in [2.24, 2.45) is 5.92 Å². The number of ether oxygens (including phenoxy) is 1.